The summed E-state index contributed by atoms with van der Waals surface area (Å²) in [5.74, 6) is 1.80. The highest BCUT2D eigenvalue weighted by Crippen LogP contribution is 2.57. The molecule has 92 valence electrons. The van der Waals surface area contributed by atoms with Crippen molar-refractivity contribution >= 4 is 5.97 Å². The summed E-state index contributed by atoms with van der Waals surface area (Å²) >= 11 is 0. The molecule has 2 nitrogen and oxygen atoms in total. The predicted molar refractivity (Wildman–Crippen MR) is 64.0 cm³/mol. The second kappa shape index (κ2) is 4.38. The van der Waals surface area contributed by atoms with Gasteiger partial charge in [0.2, 0.25) is 0 Å². The van der Waals surface area contributed by atoms with Gasteiger partial charge in [0.25, 0.3) is 0 Å². The number of ether oxygens (including phenoxy) is 1. The highest BCUT2D eigenvalue weighted by molar-refractivity contribution is 5.66. The van der Waals surface area contributed by atoms with E-state index in [2.05, 4.69) is 6.92 Å². The van der Waals surface area contributed by atoms with Crippen LogP contribution >= 0.6 is 0 Å². The van der Waals surface area contributed by atoms with Crippen molar-refractivity contribution in [1.29, 1.82) is 0 Å². The average Bonchev–Trinajstić information content (AvgIpc) is 2.73. The molecule has 0 spiro atoms. The largest absolute Gasteiger partial charge is 0.463 e. The maximum absolute atomic E-state index is 10.8. The van der Waals surface area contributed by atoms with E-state index in [1.165, 1.54) is 39.0 Å². The summed E-state index contributed by atoms with van der Waals surface area (Å²) in [5, 5.41) is 0. The minimum absolute atomic E-state index is 0.0912. The smallest absolute Gasteiger partial charge is 0.302 e. The zero-order chi connectivity index (χ0) is 11.8. The predicted octanol–water partition coefficient (Wildman–Crippen LogP) is 3.54. The second-order valence-electron chi connectivity index (χ2n) is 6.19. The molecule has 0 aromatic rings. The lowest BCUT2D eigenvalue weighted by molar-refractivity contribution is -0.146. The van der Waals surface area contributed by atoms with Crippen molar-refractivity contribution in [2.24, 2.45) is 17.3 Å². The zero-order valence-corrected chi connectivity index (χ0v) is 10.8. The van der Waals surface area contributed by atoms with Gasteiger partial charge in [0, 0.05) is 6.92 Å². The molecule has 16 heavy (non-hydrogen) atoms. The van der Waals surface area contributed by atoms with Crippen molar-refractivity contribution in [3.05, 3.63) is 0 Å². The average molecular weight is 224 g/mol. The number of rotatable bonds is 4. The van der Waals surface area contributed by atoms with E-state index in [-0.39, 0.29) is 12.1 Å². The Labute approximate surface area is 98.7 Å². The summed E-state index contributed by atoms with van der Waals surface area (Å²) in [4.78, 5) is 10.8. The third-order valence-electron chi connectivity index (χ3n) is 4.77. The third kappa shape index (κ3) is 2.41. The SMILES string of the molecule is CC(=O)O[C@H](C)CC[C@]1(C)C[C@H]2CC[C@H]1C2. The fourth-order valence-corrected chi connectivity index (χ4v) is 3.90. The third-order valence-corrected chi connectivity index (χ3v) is 4.77. The molecule has 0 N–H and O–H groups in total. The Morgan fingerprint density at radius 3 is 2.75 bits per heavy atom. The van der Waals surface area contributed by atoms with Crippen molar-refractivity contribution < 1.29 is 9.53 Å². The summed E-state index contributed by atoms with van der Waals surface area (Å²) in [6.45, 7) is 5.95. The Bertz CT molecular complexity index is 274. The van der Waals surface area contributed by atoms with Gasteiger partial charge in [0.05, 0.1) is 6.10 Å². The van der Waals surface area contributed by atoms with Crippen molar-refractivity contribution in [2.75, 3.05) is 0 Å². The molecule has 0 heterocycles. The standard InChI is InChI=1S/C14H24O2/c1-10(16-11(2)15)6-7-14(3)9-12-4-5-13(14)8-12/h10,12-13H,4-9H2,1-3H3/t10-,12+,13+,14-/m1/s1. The first-order valence-electron chi connectivity index (χ1n) is 6.67. The maximum atomic E-state index is 10.8. The van der Waals surface area contributed by atoms with Crippen molar-refractivity contribution in [2.45, 2.75) is 65.4 Å². The molecule has 2 fully saturated rings. The Hall–Kier alpha value is -0.530. The van der Waals surface area contributed by atoms with Crippen LogP contribution in [0.25, 0.3) is 0 Å². The molecule has 2 bridgehead atoms. The highest BCUT2D eigenvalue weighted by atomic mass is 16.5. The normalized spacial score (nSPS) is 38.7. The van der Waals surface area contributed by atoms with Crippen LogP contribution in [-0.4, -0.2) is 12.1 Å². The summed E-state index contributed by atoms with van der Waals surface area (Å²) in [5.41, 5.74) is 0.539. The first-order valence-corrected chi connectivity index (χ1v) is 6.67. The molecule has 2 aliphatic carbocycles. The van der Waals surface area contributed by atoms with Crippen LogP contribution in [0.1, 0.15) is 59.3 Å². The van der Waals surface area contributed by atoms with Gasteiger partial charge in [-0.25, -0.2) is 0 Å². The molecule has 0 unspecified atom stereocenters. The van der Waals surface area contributed by atoms with E-state index in [4.69, 9.17) is 4.74 Å². The number of esters is 1. The Kier molecular flexibility index (Phi) is 3.27. The molecular weight excluding hydrogens is 200 g/mol. The molecule has 0 amide bonds. The molecule has 0 radical (unpaired) electrons. The molecule has 2 aliphatic rings. The van der Waals surface area contributed by atoms with Crippen LogP contribution in [0, 0.1) is 17.3 Å². The van der Waals surface area contributed by atoms with Gasteiger partial charge >= 0.3 is 5.97 Å². The fraction of sp³-hybridized carbons (Fsp3) is 0.929. The summed E-state index contributed by atoms with van der Waals surface area (Å²) in [7, 11) is 0. The van der Waals surface area contributed by atoms with Gasteiger partial charge < -0.3 is 4.74 Å². The van der Waals surface area contributed by atoms with Gasteiger partial charge in [0.15, 0.2) is 0 Å². The first kappa shape index (κ1) is 11.9. The molecule has 2 saturated carbocycles. The molecule has 0 aliphatic heterocycles. The Balaban J connectivity index is 1.79. The molecule has 2 heteroatoms. The van der Waals surface area contributed by atoms with Crippen LogP contribution in [0.15, 0.2) is 0 Å². The van der Waals surface area contributed by atoms with Crippen LogP contribution in [0.4, 0.5) is 0 Å². The Morgan fingerprint density at radius 2 is 2.25 bits per heavy atom. The van der Waals surface area contributed by atoms with Crippen molar-refractivity contribution in [1.82, 2.24) is 0 Å². The topological polar surface area (TPSA) is 26.3 Å². The second-order valence-corrected chi connectivity index (χ2v) is 6.19. The number of hydrogen-bond acceptors (Lipinski definition) is 2. The quantitative estimate of drug-likeness (QED) is 0.683. The highest BCUT2D eigenvalue weighted by Gasteiger charge is 2.47. The number of carbonyl (C=O) groups is 1. The van der Waals surface area contributed by atoms with Crippen LogP contribution in [0.5, 0.6) is 0 Å². The molecule has 2 rings (SSSR count). The van der Waals surface area contributed by atoms with E-state index in [0.717, 1.165) is 18.3 Å². The van der Waals surface area contributed by atoms with Crippen LogP contribution < -0.4 is 0 Å². The van der Waals surface area contributed by atoms with Gasteiger partial charge in [-0.1, -0.05) is 13.3 Å². The molecule has 0 saturated heterocycles. The lowest BCUT2D eigenvalue weighted by atomic mass is 9.71. The number of carbonyl (C=O) groups excluding carboxylic acids is 1. The molecule has 4 atom stereocenters. The summed E-state index contributed by atoms with van der Waals surface area (Å²) in [6.07, 6.45) is 8.10. The minimum Gasteiger partial charge on any atom is -0.463 e. The van der Waals surface area contributed by atoms with E-state index in [0.29, 0.717) is 5.41 Å². The fourth-order valence-electron chi connectivity index (χ4n) is 3.90. The summed E-state index contributed by atoms with van der Waals surface area (Å²) in [6, 6.07) is 0. The monoisotopic (exact) mass is 224 g/mol. The van der Waals surface area contributed by atoms with Crippen LogP contribution in [0.2, 0.25) is 0 Å². The van der Waals surface area contributed by atoms with E-state index in [9.17, 15) is 4.79 Å². The Morgan fingerprint density at radius 1 is 1.50 bits per heavy atom. The first-order chi connectivity index (χ1) is 7.49. The van der Waals surface area contributed by atoms with Crippen molar-refractivity contribution in [3.63, 3.8) is 0 Å². The zero-order valence-electron chi connectivity index (χ0n) is 10.8. The minimum atomic E-state index is -0.148. The van der Waals surface area contributed by atoms with Gasteiger partial charge in [0.1, 0.15) is 0 Å². The van der Waals surface area contributed by atoms with E-state index in [1.807, 2.05) is 6.92 Å². The lowest BCUT2D eigenvalue weighted by Crippen LogP contribution is -2.26. The molecule has 0 aromatic heterocycles. The van der Waals surface area contributed by atoms with E-state index < -0.39 is 0 Å². The number of hydrogen-bond donors (Lipinski definition) is 0. The molecular formula is C14H24O2. The van der Waals surface area contributed by atoms with Gasteiger partial charge in [-0.3, -0.25) is 4.79 Å². The van der Waals surface area contributed by atoms with Gasteiger partial charge in [-0.15, -0.1) is 0 Å². The van der Waals surface area contributed by atoms with Crippen LogP contribution in [0.3, 0.4) is 0 Å². The summed E-state index contributed by atoms with van der Waals surface area (Å²) < 4.78 is 5.20. The van der Waals surface area contributed by atoms with E-state index >= 15 is 0 Å². The molecule has 0 aromatic carbocycles. The van der Waals surface area contributed by atoms with Gasteiger partial charge in [-0.05, 0) is 56.3 Å². The van der Waals surface area contributed by atoms with Crippen LogP contribution in [-0.2, 0) is 9.53 Å². The lowest BCUT2D eigenvalue weighted by Gasteiger charge is -2.34. The van der Waals surface area contributed by atoms with Crippen molar-refractivity contribution in [3.8, 4) is 0 Å². The number of fused-ring (bicyclic) bond motifs is 2. The maximum Gasteiger partial charge on any atom is 0.302 e. The van der Waals surface area contributed by atoms with E-state index in [1.54, 1.807) is 0 Å². The van der Waals surface area contributed by atoms with Gasteiger partial charge in [-0.2, -0.15) is 0 Å².